The van der Waals surface area contributed by atoms with Gasteiger partial charge >= 0.3 is 0 Å². The number of nitrogens with one attached hydrogen (secondary N) is 1. The zero-order valence-electron chi connectivity index (χ0n) is 18.2. The Morgan fingerprint density at radius 2 is 1.56 bits per heavy atom. The lowest BCUT2D eigenvalue weighted by atomic mass is 9.91. The van der Waals surface area contributed by atoms with Crippen LogP contribution in [0.3, 0.4) is 0 Å². The van der Waals surface area contributed by atoms with E-state index in [1.807, 2.05) is 67.6 Å². The number of benzene rings is 3. The van der Waals surface area contributed by atoms with E-state index in [0.717, 1.165) is 22.6 Å². The first-order valence-electron chi connectivity index (χ1n) is 11.1. The Kier molecular flexibility index (Phi) is 6.85. The summed E-state index contributed by atoms with van der Waals surface area (Å²) in [6.07, 6.45) is 0.223. The summed E-state index contributed by atoms with van der Waals surface area (Å²) in [5.41, 5.74) is 3.09. The van der Waals surface area contributed by atoms with Gasteiger partial charge in [-0.15, -0.1) is 0 Å². The largest absolute Gasteiger partial charge is 0.494 e. The molecule has 3 aromatic carbocycles. The molecule has 0 aliphatic carbocycles. The second-order valence-electron chi connectivity index (χ2n) is 7.95. The first-order chi connectivity index (χ1) is 15.7. The predicted octanol–water partition coefficient (Wildman–Crippen LogP) is 4.39. The summed E-state index contributed by atoms with van der Waals surface area (Å²) < 4.78 is 5.47. The molecule has 1 atom stereocenters. The van der Waals surface area contributed by atoms with Crippen LogP contribution in [0.5, 0.6) is 5.75 Å². The van der Waals surface area contributed by atoms with Crippen molar-refractivity contribution in [3.8, 4) is 5.75 Å². The highest BCUT2D eigenvalue weighted by Gasteiger charge is 2.35. The summed E-state index contributed by atoms with van der Waals surface area (Å²) >= 11 is 0. The van der Waals surface area contributed by atoms with Crippen LogP contribution in [0, 0.1) is 5.92 Å². The molecular formula is C27H28N2O3. The third-order valence-electron chi connectivity index (χ3n) is 5.84. The zero-order valence-corrected chi connectivity index (χ0v) is 18.2. The summed E-state index contributed by atoms with van der Waals surface area (Å²) in [4.78, 5) is 27.2. The standard InChI is InChI=1S/C27H28N2O3/c1-2-32-24-15-13-23(14-16-24)29-19-22(17-26(29)30)27(31)28-18-25(20-9-5-3-6-10-20)21-11-7-4-8-12-21/h3-16,22,25H,2,17-19H2,1H3,(H,28,31)/t22-/m0/s1. The Hall–Kier alpha value is -3.60. The fourth-order valence-corrected chi connectivity index (χ4v) is 4.17. The SMILES string of the molecule is CCOc1ccc(N2C[C@@H](C(=O)NCC(c3ccccc3)c3ccccc3)CC2=O)cc1. The third kappa shape index (κ3) is 4.99. The molecule has 0 radical (unpaired) electrons. The minimum Gasteiger partial charge on any atom is -0.494 e. The van der Waals surface area contributed by atoms with Gasteiger partial charge in [0, 0.05) is 31.1 Å². The molecule has 0 unspecified atom stereocenters. The van der Waals surface area contributed by atoms with Gasteiger partial charge in [-0.25, -0.2) is 0 Å². The van der Waals surface area contributed by atoms with Gasteiger partial charge in [0.1, 0.15) is 5.75 Å². The molecule has 3 aromatic rings. The molecule has 5 heteroatoms. The molecule has 0 saturated carbocycles. The number of nitrogens with zero attached hydrogens (tertiary/aromatic N) is 1. The number of anilines is 1. The smallest absolute Gasteiger partial charge is 0.227 e. The van der Waals surface area contributed by atoms with Gasteiger partial charge in [0.05, 0.1) is 12.5 Å². The van der Waals surface area contributed by atoms with Gasteiger partial charge in [-0.1, -0.05) is 60.7 Å². The monoisotopic (exact) mass is 428 g/mol. The molecule has 0 bridgehead atoms. The van der Waals surface area contributed by atoms with Crippen LogP contribution in [0.25, 0.3) is 0 Å². The summed E-state index contributed by atoms with van der Waals surface area (Å²) in [6.45, 7) is 3.40. The van der Waals surface area contributed by atoms with Crippen LogP contribution >= 0.6 is 0 Å². The summed E-state index contributed by atoms with van der Waals surface area (Å²) in [5, 5.41) is 3.10. The Morgan fingerprint density at radius 3 is 2.12 bits per heavy atom. The minimum absolute atomic E-state index is 0.0306. The Labute approximate surface area is 189 Å². The van der Waals surface area contributed by atoms with E-state index >= 15 is 0 Å². The minimum atomic E-state index is -0.360. The fourth-order valence-electron chi connectivity index (χ4n) is 4.17. The lowest BCUT2D eigenvalue weighted by Gasteiger charge is -2.20. The molecule has 5 nitrogen and oxygen atoms in total. The first-order valence-corrected chi connectivity index (χ1v) is 11.1. The van der Waals surface area contributed by atoms with Gasteiger partial charge in [0.15, 0.2) is 0 Å². The van der Waals surface area contributed by atoms with Gasteiger partial charge in [-0.2, -0.15) is 0 Å². The third-order valence-corrected chi connectivity index (χ3v) is 5.84. The van der Waals surface area contributed by atoms with Gasteiger partial charge in [-0.3, -0.25) is 9.59 Å². The number of carbonyl (C=O) groups is 2. The van der Waals surface area contributed by atoms with E-state index in [2.05, 4.69) is 29.6 Å². The lowest BCUT2D eigenvalue weighted by molar-refractivity contribution is -0.126. The Balaban J connectivity index is 1.41. The van der Waals surface area contributed by atoms with Crippen molar-refractivity contribution < 1.29 is 14.3 Å². The lowest BCUT2D eigenvalue weighted by Crippen LogP contribution is -2.35. The molecule has 2 amide bonds. The van der Waals surface area contributed by atoms with E-state index in [1.54, 1.807) is 4.90 Å². The van der Waals surface area contributed by atoms with Gasteiger partial charge in [0.25, 0.3) is 0 Å². The summed E-state index contributed by atoms with van der Waals surface area (Å²) in [6, 6.07) is 27.8. The second kappa shape index (κ2) is 10.1. The van der Waals surface area contributed by atoms with Gasteiger partial charge in [0.2, 0.25) is 11.8 Å². The van der Waals surface area contributed by atoms with Crippen LogP contribution in [0.15, 0.2) is 84.9 Å². The maximum atomic E-state index is 13.0. The maximum absolute atomic E-state index is 13.0. The molecule has 0 aromatic heterocycles. The highest BCUT2D eigenvalue weighted by molar-refractivity contribution is 6.00. The van der Waals surface area contributed by atoms with Gasteiger partial charge in [-0.05, 0) is 42.3 Å². The molecule has 1 aliphatic rings. The van der Waals surface area contributed by atoms with Crippen LogP contribution in [-0.4, -0.2) is 31.5 Å². The highest BCUT2D eigenvalue weighted by atomic mass is 16.5. The number of rotatable bonds is 8. The van der Waals surface area contributed by atoms with Crippen LogP contribution in [0.2, 0.25) is 0 Å². The quantitative estimate of drug-likeness (QED) is 0.579. The molecule has 164 valence electrons. The van der Waals surface area contributed by atoms with Gasteiger partial charge < -0.3 is 15.0 Å². The predicted molar refractivity (Wildman–Crippen MR) is 126 cm³/mol. The average Bonchev–Trinajstić information content (AvgIpc) is 3.23. The Morgan fingerprint density at radius 1 is 0.969 bits per heavy atom. The molecule has 4 rings (SSSR count). The van der Waals surface area contributed by atoms with E-state index in [9.17, 15) is 9.59 Å². The molecule has 1 saturated heterocycles. The van der Waals surface area contributed by atoms with Crippen molar-refractivity contribution in [3.63, 3.8) is 0 Å². The van der Waals surface area contributed by atoms with Crippen molar-refractivity contribution in [1.82, 2.24) is 5.32 Å². The summed E-state index contributed by atoms with van der Waals surface area (Å²) in [5.74, 6) is 0.354. The number of hydrogen-bond donors (Lipinski definition) is 1. The number of ether oxygens (including phenoxy) is 1. The topological polar surface area (TPSA) is 58.6 Å². The number of carbonyl (C=O) groups excluding carboxylic acids is 2. The fraction of sp³-hybridized carbons (Fsp3) is 0.259. The first kappa shape index (κ1) is 21.6. The van der Waals surface area contributed by atoms with Crippen molar-refractivity contribution >= 4 is 17.5 Å². The van der Waals surface area contributed by atoms with Crippen LogP contribution in [0.1, 0.15) is 30.4 Å². The summed E-state index contributed by atoms with van der Waals surface area (Å²) in [7, 11) is 0. The van der Waals surface area contributed by atoms with E-state index < -0.39 is 0 Å². The average molecular weight is 429 g/mol. The number of hydrogen-bond acceptors (Lipinski definition) is 3. The van der Waals surface area contributed by atoms with E-state index in [1.165, 1.54) is 0 Å². The highest BCUT2D eigenvalue weighted by Crippen LogP contribution is 2.28. The van der Waals surface area contributed by atoms with Crippen molar-refractivity contribution in [2.45, 2.75) is 19.3 Å². The van der Waals surface area contributed by atoms with Crippen LogP contribution < -0.4 is 15.0 Å². The molecule has 1 fully saturated rings. The van der Waals surface area contributed by atoms with Crippen molar-refractivity contribution in [1.29, 1.82) is 0 Å². The van der Waals surface area contributed by atoms with E-state index in [4.69, 9.17) is 4.74 Å². The molecular weight excluding hydrogens is 400 g/mol. The maximum Gasteiger partial charge on any atom is 0.227 e. The number of amides is 2. The van der Waals surface area contributed by atoms with Crippen LogP contribution in [0.4, 0.5) is 5.69 Å². The molecule has 1 heterocycles. The van der Waals surface area contributed by atoms with Crippen molar-refractivity contribution in [2.75, 3.05) is 24.6 Å². The molecule has 0 spiro atoms. The Bertz CT molecular complexity index is 996. The van der Waals surface area contributed by atoms with Crippen molar-refractivity contribution in [2.24, 2.45) is 5.92 Å². The normalized spacial score (nSPS) is 15.8. The van der Waals surface area contributed by atoms with Crippen molar-refractivity contribution in [3.05, 3.63) is 96.1 Å². The molecule has 32 heavy (non-hydrogen) atoms. The zero-order chi connectivity index (χ0) is 22.3. The molecule has 1 aliphatic heterocycles. The second-order valence-corrected chi connectivity index (χ2v) is 7.95. The molecule has 1 N–H and O–H groups in total. The van der Waals surface area contributed by atoms with Crippen LogP contribution in [-0.2, 0) is 9.59 Å². The van der Waals surface area contributed by atoms with E-state index in [-0.39, 0.29) is 30.1 Å². The van der Waals surface area contributed by atoms with E-state index in [0.29, 0.717) is 19.7 Å².